The Morgan fingerprint density at radius 3 is 2.53 bits per heavy atom. The van der Waals surface area contributed by atoms with E-state index in [1.807, 2.05) is 6.07 Å². The first-order chi connectivity index (χ1) is 8.99. The predicted octanol–water partition coefficient (Wildman–Crippen LogP) is 5.31. The third kappa shape index (κ3) is 3.82. The first-order valence-corrected chi connectivity index (χ1v) is 9.15. The largest absolute Gasteiger partial charge is 0.335 e. The average Bonchev–Trinajstić information content (AvgIpc) is 2.96. The number of hydrogen-bond acceptors (Lipinski definition) is 2. The Hall–Kier alpha value is 0.130. The van der Waals surface area contributed by atoms with E-state index in [2.05, 4.69) is 50.6 Å². The van der Waals surface area contributed by atoms with Gasteiger partial charge in [0, 0.05) is 17.1 Å². The van der Waals surface area contributed by atoms with E-state index in [9.17, 15) is 4.79 Å². The average molecular weight is 409 g/mol. The maximum atomic E-state index is 12.7. The predicted molar refractivity (Wildman–Crippen MR) is 87.8 cm³/mol. The Kier molecular flexibility index (Phi) is 5.49. The summed E-state index contributed by atoms with van der Waals surface area (Å²) in [6.45, 7) is 5.21. The van der Waals surface area contributed by atoms with Crippen LogP contribution < -0.4 is 0 Å². The molecule has 0 aliphatic heterocycles. The molecule has 1 saturated carbocycles. The highest BCUT2D eigenvalue weighted by molar-refractivity contribution is 9.13. The van der Waals surface area contributed by atoms with Gasteiger partial charge in [0.15, 0.2) is 0 Å². The van der Waals surface area contributed by atoms with Crippen molar-refractivity contribution in [2.45, 2.75) is 45.6 Å². The monoisotopic (exact) mass is 407 g/mol. The van der Waals surface area contributed by atoms with Crippen molar-refractivity contribution in [3.8, 4) is 0 Å². The van der Waals surface area contributed by atoms with Gasteiger partial charge in [-0.25, -0.2) is 0 Å². The molecule has 5 heteroatoms. The second-order valence-electron chi connectivity index (χ2n) is 5.52. The number of carbonyl (C=O) groups is 1. The molecule has 0 N–H and O–H groups in total. The quantitative estimate of drug-likeness (QED) is 0.660. The fourth-order valence-corrected chi connectivity index (χ4v) is 4.59. The zero-order chi connectivity index (χ0) is 14.0. The van der Waals surface area contributed by atoms with Gasteiger partial charge in [-0.15, -0.1) is 11.3 Å². The minimum absolute atomic E-state index is 0.192. The van der Waals surface area contributed by atoms with Crippen LogP contribution in [0.15, 0.2) is 14.3 Å². The van der Waals surface area contributed by atoms with Crippen molar-refractivity contribution in [3.63, 3.8) is 0 Å². The number of rotatable bonds is 4. The SMILES string of the molecule is CC(C)CN(C(=O)c1cc(Br)c(Br)s1)C1CCCC1. The molecule has 2 rings (SSSR count). The van der Waals surface area contributed by atoms with Crippen LogP contribution in [0, 0.1) is 5.92 Å². The Morgan fingerprint density at radius 2 is 2.05 bits per heavy atom. The van der Waals surface area contributed by atoms with E-state index < -0.39 is 0 Å². The summed E-state index contributed by atoms with van der Waals surface area (Å²) in [4.78, 5) is 15.7. The fourth-order valence-electron chi connectivity index (χ4n) is 2.60. The van der Waals surface area contributed by atoms with Crippen molar-refractivity contribution in [1.82, 2.24) is 4.90 Å². The Balaban J connectivity index is 2.19. The summed E-state index contributed by atoms with van der Waals surface area (Å²) in [6.07, 6.45) is 4.83. The van der Waals surface area contributed by atoms with Crippen LogP contribution in [0.1, 0.15) is 49.2 Å². The minimum Gasteiger partial charge on any atom is -0.335 e. The van der Waals surface area contributed by atoms with Crippen molar-refractivity contribution in [2.75, 3.05) is 6.54 Å². The number of hydrogen-bond donors (Lipinski definition) is 0. The lowest BCUT2D eigenvalue weighted by atomic mass is 10.1. The Bertz CT molecular complexity index is 433. The van der Waals surface area contributed by atoms with Crippen LogP contribution in [0.25, 0.3) is 0 Å². The molecule has 1 amide bonds. The van der Waals surface area contributed by atoms with E-state index in [0.29, 0.717) is 12.0 Å². The summed E-state index contributed by atoms with van der Waals surface area (Å²) in [5.41, 5.74) is 0. The second kappa shape index (κ2) is 6.72. The molecule has 0 unspecified atom stereocenters. The van der Waals surface area contributed by atoms with Crippen LogP contribution >= 0.6 is 43.2 Å². The molecule has 1 aromatic rings. The highest BCUT2D eigenvalue weighted by Gasteiger charge is 2.29. The molecule has 0 aromatic carbocycles. The maximum absolute atomic E-state index is 12.7. The van der Waals surface area contributed by atoms with Gasteiger partial charge in [-0.3, -0.25) is 4.79 Å². The first-order valence-electron chi connectivity index (χ1n) is 6.75. The van der Waals surface area contributed by atoms with E-state index in [-0.39, 0.29) is 5.91 Å². The number of amides is 1. The summed E-state index contributed by atoms with van der Waals surface area (Å²) in [6, 6.07) is 2.37. The van der Waals surface area contributed by atoms with Crippen LogP contribution in [0.2, 0.25) is 0 Å². The van der Waals surface area contributed by atoms with Gasteiger partial charge < -0.3 is 4.90 Å². The number of carbonyl (C=O) groups excluding carboxylic acids is 1. The molecule has 106 valence electrons. The zero-order valence-electron chi connectivity index (χ0n) is 11.3. The van der Waals surface area contributed by atoms with Crippen LogP contribution in [-0.2, 0) is 0 Å². The van der Waals surface area contributed by atoms with E-state index >= 15 is 0 Å². The van der Waals surface area contributed by atoms with E-state index in [4.69, 9.17) is 0 Å². The Morgan fingerprint density at radius 1 is 1.42 bits per heavy atom. The summed E-state index contributed by atoms with van der Waals surface area (Å²) < 4.78 is 1.96. The van der Waals surface area contributed by atoms with Crippen molar-refractivity contribution >= 4 is 49.1 Å². The fraction of sp³-hybridized carbons (Fsp3) is 0.643. The lowest BCUT2D eigenvalue weighted by Gasteiger charge is -2.30. The zero-order valence-corrected chi connectivity index (χ0v) is 15.3. The van der Waals surface area contributed by atoms with E-state index in [1.54, 1.807) is 0 Å². The third-order valence-corrected chi connectivity index (χ3v) is 6.69. The normalized spacial score (nSPS) is 16.3. The van der Waals surface area contributed by atoms with Gasteiger partial charge >= 0.3 is 0 Å². The van der Waals surface area contributed by atoms with Gasteiger partial charge in [0.1, 0.15) is 0 Å². The lowest BCUT2D eigenvalue weighted by Crippen LogP contribution is -2.40. The maximum Gasteiger partial charge on any atom is 0.264 e. The molecule has 0 spiro atoms. The van der Waals surface area contributed by atoms with Crippen molar-refractivity contribution in [2.24, 2.45) is 5.92 Å². The molecule has 0 bridgehead atoms. The molecule has 0 atom stereocenters. The Labute approximate surface area is 135 Å². The molecule has 19 heavy (non-hydrogen) atoms. The summed E-state index contributed by atoms with van der Waals surface area (Å²) >= 11 is 8.44. The van der Waals surface area contributed by atoms with Gasteiger partial charge in [-0.1, -0.05) is 26.7 Å². The van der Waals surface area contributed by atoms with Crippen molar-refractivity contribution in [1.29, 1.82) is 0 Å². The van der Waals surface area contributed by atoms with Crippen molar-refractivity contribution in [3.05, 3.63) is 19.2 Å². The van der Waals surface area contributed by atoms with Crippen LogP contribution in [0.3, 0.4) is 0 Å². The molecule has 0 saturated heterocycles. The molecule has 1 fully saturated rings. The standard InChI is InChI=1S/C14H19Br2NOS/c1-9(2)8-17(10-5-3-4-6-10)14(18)12-7-11(15)13(16)19-12/h7,9-10H,3-6,8H2,1-2H3. The molecule has 1 aliphatic rings. The smallest absolute Gasteiger partial charge is 0.264 e. The van der Waals surface area contributed by atoms with Crippen molar-refractivity contribution < 1.29 is 4.79 Å². The van der Waals surface area contributed by atoms with Gasteiger partial charge in [0.2, 0.25) is 0 Å². The van der Waals surface area contributed by atoms with Crippen LogP contribution in [-0.4, -0.2) is 23.4 Å². The second-order valence-corrected chi connectivity index (χ2v) is 8.75. The first kappa shape index (κ1) is 15.5. The number of nitrogens with zero attached hydrogens (tertiary/aromatic N) is 1. The summed E-state index contributed by atoms with van der Waals surface area (Å²) in [7, 11) is 0. The molecule has 1 heterocycles. The van der Waals surface area contributed by atoms with Gasteiger partial charge in [0.25, 0.3) is 5.91 Å². The van der Waals surface area contributed by atoms with Gasteiger partial charge in [-0.05, 0) is 56.7 Å². The van der Waals surface area contributed by atoms with Gasteiger partial charge in [0.05, 0.1) is 8.66 Å². The van der Waals surface area contributed by atoms with Crippen LogP contribution in [0.5, 0.6) is 0 Å². The van der Waals surface area contributed by atoms with E-state index in [1.165, 1.54) is 24.2 Å². The molecule has 1 aromatic heterocycles. The van der Waals surface area contributed by atoms with Gasteiger partial charge in [-0.2, -0.15) is 0 Å². The molecular weight excluding hydrogens is 390 g/mol. The lowest BCUT2D eigenvalue weighted by molar-refractivity contribution is 0.0660. The molecule has 0 radical (unpaired) electrons. The summed E-state index contributed by atoms with van der Waals surface area (Å²) in [5.74, 6) is 0.702. The van der Waals surface area contributed by atoms with E-state index in [0.717, 1.165) is 32.5 Å². The molecule has 1 aliphatic carbocycles. The topological polar surface area (TPSA) is 20.3 Å². The summed E-state index contributed by atoms with van der Waals surface area (Å²) in [5, 5.41) is 0. The number of thiophene rings is 1. The molecule has 2 nitrogen and oxygen atoms in total. The minimum atomic E-state index is 0.192. The highest BCUT2D eigenvalue weighted by Crippen LogP contribution is 2.34. The molecular formula is C14H19Br2NOS. The number of halogens is 2. The highest BCUT2D eigenvalue weighted by atomic mass is 79.9. The third-order valence-electron chi connectivity index (χ3n) is 3.44. The van der Waals surface area contributed by atoms with Crippen LogP contribution in [0.4, 0.5) is 0 Å².